The normalized spacial score (nSPS) is 25.5. The molecule has 18 atom stereocenters. The Kier molecular flexibility index (Phi) is 51.8. The van der Waals surface area contributed by atoms with Gasteiger partial charge in [-0.05, 0) is 88.9 Å². The van der Waals surface area contributed by atoms with Crippen LogP contribution in [0, 0.1) is 34.5 Å². The standard InChI is InChI=1S/C90H146N30O25S3/c1-12-48(8)71-86(142)107-58(31-53-33-96-41-100-53)77(133)113-63(81(137)102-50(10)88(144)145)37-146-25-19-67(125)117-42-118-44-119(43-117)69(127)21-27-148-39-65(112-72(128)49(9)101-51(11)124)83(139)115-70(47(6)7)85(141)104-54(16-13-22-97-89(91)92)73(129)109-60(34-121)79(135)106-57(30-52-32-95-40-99-52)76(132)114-64(38-147-26-20-68(118)126)82(138)111-62(36-123)80(136)110-61(35-122)78(134)105-56(28-45(2)3)75(131)108-59(29-46(4)5)87(143)120-24-15-18-66(120)84(140)103-55(74(130)116-71)17-14-23-98-90(93)94/h32-33,40-41,45-50,54-66,70-71,121-123H,12-31,34-39,42-44H2,1-11H3,(H,95,99)(H,96,100)(H,101,124)(H,102,137)(H,103,140)(H,104,141)(H,105,134)(H,106,135)(H,107,142)(H,108,131)(H,109,129)(H,110,136)(H,111,138)(H,112,128)(H,113,133)(H,114,132)(H,115,139)(H,116,130)(H,144,145)(H4,91,92,97)(H4,93,94,98)/t48-,49-,50-,54-,55-,56-,57-,58-,59-,60-,61-,62-,63-,64-,65-,66-,70-,71-/m0/s1. The molecule has 2 aromatic heterocycles. The summed E-state index contributed by atoms with van der Waals surface area (Å²) in [4.78, 5) is 323. The Morgan fingerprint density at radius 1 is 0.473 bits per heavy atom. The third-order valence-electron chi connectivity index (χ3n) is 24.2. The fourth-order valence-corrected chi connectivity index (χ4v) is 18.7. The second-order valence-electron chi connectivity index (χ2n) is 37.5. The highest BCUT2D eigenvalue weighted by Gasteiger charge is 2.45. The van der Waals surface area contributed by atoms with Crippen molar-refractivity contribution >= 4 is 171 Å². The molecule has 4 bridgehead atoms. The predicted octanol–water partition coefficient (Wildman–Crippen LogP) is -9.12. The molecule has 0 saturated carbocycles. The third-order valence-corrected chi connectivity index (χ3v) is 27.4. The number of carbonyl (C=O) groups is 21. The van der Waals surface area contributed by atoms with E-state index in [2.05, 4.69) is 116 Å². The van der Waals surface area contributed by atoms with Crippen molar-refractivity contribution in [2.24, 2.45) is 35.1 Å². The van der Waals surface area contributed by atoms with Crippen molar-refractivity contribution in [2.75, 3.05) is 94.0 Å². The second kappa shape index (κ2) is 62.2. The number of nitrogens with two attached hydrogens (primary N) is 2. The molecule has 6 heterocycles. The van der Waals surface area contributed by atoms with E-state index in [4.69, 9.17) is 22.3 Å². The molecule has 0 aliphatic carbocycles. The van der Waals surface area contributed by atoms with Crippen LogP contribution in [0.4, 0.5) is 0 Å². The Morgan fingerprint density at radius 3 is 1.34 bits per heavy atom. The van der Waals surface area contributed by atoms with Gasteiger partial charge in [0.05, 0.1) is 63.9 Å². The van der Waals surface area contributed by atoms with E-state index in [0.29, 0.717) is 0 Å². The number of thioether (sulfide) groups is 3. The smallest absolute Gasteiger partial charge is 0.325 e. The van der Waals surface area contributed by atoms with Gasteiger partial charge >= 0.3 is 5.97 Å². The number of carbonyl (C=O) groups excluding carboxylic acids is 20. The lowest BCUT2D eigenvalue weighted by Gasteiger charge is -2.42. The fourth-order valence-electron chi connectivity index (χ4n) is 15.8. The Hall–Kier alpha value is -13.2. The number of hydrogen-bond acceptors (Lipinski definition) is 31. The Morgan fingerprint density at radius 2 is 0.878 bits per heavy atom. The molecule has 0 aromatic carbocycles. The minimum absolute atomic E-state index is 0.00189. The first-order valence-electron chi connectivity index (χ1n) is 48.9. The molecule has 4 fully saturated rings. The molecule has 148 heavy (non-hydrogen) atoms. The van der Waals surface area contributed by atoms with Crippen LogP contribution in [0.3, 0.4) is 0 Å². The van der Waals surface area contributed by atoms with E-state index in [0.717, 1.165) is 63.8 Å². The molecule has 20 amide bonds. The zero-order chi connectivity index (χ0) is 110. The Bertz CT molecular complexity index is 4910. The number of imidazole rings is 2. The van der Waals surface area contributed by atoms with Gasteiger partial charge in [0, 0.05) is 106 Å². The molecule has 4 aliphatic rings. The predicted molar refractivity (Wildman–Crippen MR) is 539 cm³/mol. The summed E-state index contributed by atoms with van der Waals surface area (Å²) in [5, 5.41) is 104. The van der Waals surface area contributed by atoms with Crippen LogP contribution >= 0.6 is 35.3 Å². The van der Waals surface area contributed by atoms with Crippen LogP contribution < -0.4 is 107 Å². The van der Waals surface area contributed by atoms with Gasteiger partial charge in [-0.15, -0.1) is 0 Å². The van der Waals surface area contributed by atoms with Crippen molar-refractivity contribution in [3.05, 3.63) is 36.4 Å². The highest BCUT2D eigenvalue weighted by atomic mass is 32.2. The maximum atomic E-state index is 15.1. The molecule has 6 rings (SSSR count). The van der Waals surface area contributed by atoms with Gasteiger partial charge in [-0.2, -0.15) is 35.3 Å². The summed E-state index contributed by atoms with van der Waals surface area (Å²) in [5.74, 6) is -26.2. The van der Waals surface area contributed by atoms with Crippen molar-refractivity contribution in [1.82, 2.24) is 135 Å². The Labute approximate surface area is 868 Å². The van der Waals surface area contributed by atoms with Crippen molar-refractivity contribution in [3.63, 3.8) is 0 Å². The summed E-state index contributed by atoms with van der Waals surface area (Å²) in [7, 11) is 0. The first-order valence-corrected chi connectivity index (χ1v) is 52.4. The number of H-pyrrole nitrogens is 2. The highest BCUT2D eigenvalue weighted by Crippen LogP contribution is 2.25. The van der Waals surface area contributed by atoms with E-state index < -0.39 is 334 Å². The molecule has 0 radical (unpaired) electrons. The molecule has 4 aliphatic heterocycles. The zero-order valence-corrected chi connectivity index (χ0v) is 87.3. The van der Waals surface area contributed by atoms with E-state index in [1.54, 1.807) is 41.5 Å². The van der Waals surface area contributed by atoms with Crippen molar-refractivity contribution < 1.29 is 121 Å². The average Bonchev–Trinajstić information content (AvgIpc) is 1.51. The minimum Gasteiger partial charge on any atom is -0.480 e. The third kappa shape index (κ3) is 40.8. The van der Waals surface area contributed by atoms with Crippen LogP contribution in [0.1, 0.15) is 165 Å². The van der Waals surface area contributed by atoms with Gasteiger partial charge in [-0.25, -0.2) is 9.97 Å². The fraction of sp³-hybridized carbons (Fsp3) is 0.678. The van der Waals surface area contributed by atoms with E-state index in [9.17, 15) is 97.1 Å². The van der Waals surface area contributed by atoms with Gasteiger partial charge in [0.1, 0.15) is 103 Å². The zero-order valence-electron chi connectivity index (χ0n) is 84.9. The van der Waals surface area contributed by atoms with Gasteiger partial charge in [0.25, 0.3) is 0 Å². The topological polar surface area (TPSA) is 826 Å². The van der Waals surface area contributed by atoms with Crippen LogP contribution in [-0.4, -0.2) is 393 Å². The number of carboxylic acid groups (broad SMARTS) is 1. The van der Waals surface area contributed by atoms with E-state index in [-0.39, 0.29) is 124 Å². The van der Waals surface area contributed by atoms with Crippen LogP contribution in [0.5, 0.6) is 0 Å². The van der Waals surface area contributed by atoms with Crippen LogP contribution in [0.2, 0.25) is 0 Å². The number of aliphatic hydroxyl groups excluding tert-OH is 3. The number of hydrogen-bond donors (Lipinski definition) is 28. The number of guanidine groups is 2. The molecule has 4 saturated heterocycles. The SMILES string of the molecule is CC[C@H](C)[C@@H]1NC(=O)[C@H](CCCNC(=N)N)NC(=O)[C@@H]2CCCN2C(=O)[C@H](CC(C)C)NC(=O)[C@H](CC(C)C)NC(=O)[C@H](CO)NC(=O)[C@H](CO)NC(=O)[C@@H]2CSCCC(=O)N3CN(CN(C3)C(=O)CCSC[C@@H](C(=O)N[C@@H](C)C(=O)O)NC(=O)[C@H](Cc3c[nH]cn3)NC1=O)C(=O)CCSC[C@H](NC(=O)[C@H](C)NC(C)=O)C(=O)N[C@@H](C(C)C)C(=O)N[C@@H](CCCNC(=N)N)C(=O)N[C@@H](CO)C(=O)N[C@@H](Cc1c[nH]cn1)C(=O)N2. The summed E-state index contributed by atoms with van der Waals surface area (Å²) in [6.45, 7) is 11.6. The van der Waals surface area contributed by atoms with Gasteiger partial charge in [0.2, 0.25) is 118 Å². The van der Waals surface area contributed by atoms with Gasteiger partial charge in [-0.1, -0.05) is 61.8 Å². The first kappa shape index (κ1) is 123. The van der Waals surface area contributed by atoms with Crippen LogP contribution in [0.25, 0.3) is 0 Å². The number of aromatic nitrogens is 4. The molecule has 58 heteroatoms. The summed E-state index contributed by atoms with van der Waals surface area (Å²) >= 11 is 2.66. The lowest BCUT2D eigenvalue weighted by Crippen LogP contribution is -2.62. The number of rotatable bonds is 28. The lowest BCUT2D eigenvalue weighted by molar-refractivity contribution is -0.158. The summed E-state index contributed by atoms with van der Waals surface area (Å²) in [6, 6.07) is -27.9. The number of aliphatic carboxylic acids is 1. The minimum atomic E-state index is -2.08. The number of carboxylic acids is 1. The molecule has 2 aromatic rings. The Balaban J connectivity index is 1.51. The molecular formula is C90H146N30O25S3. The van der Waals surface area contributed by atoms with Crippen molar-refractivity contribution in [3.8, 4) is 0 Å². The number of nitrogens with one attached hydrogen (secondary N) is 22. The maximum absolute atomic E-state index is 15.1. The molecular weight excluding hydrogens is 2000 g/mol. The van der Waals surface area contributed by atoms with E-state index in [1.807, 2.05) is 0 Å². The average molecular weight is 2140 g/mol. The summed E-state index contributed by atoms with van der Waals surface area (Å²) < 4.78 is 0. The number of aliphatic hydroxyl groups is 3. The summed E-state index contributed by atoms with van der Waals surface area (Å²) in [5.41, 5.74) is 11.4. The van der Waals surface area contributed by atoms with Gasteiger partial charge in [-0.3, -0.25) is 112 Å². The van der Waals surface area contributed by atoms with Crippen molar-refractivity contribution in [2.45, 2.75) is 269 Å². The largest absolute Gasteiger partial charge is 0.480 e. The van der Waals surface area contributed by atoms with Gasteiger partial charge in [0.15, 0.2) is 11.9 Å². The molecule has 30 N–H and O–H groups in total. The molecule has 0 unspecified atom stereocenters. The van der Waals surface area contributed by atoms with E-state index >= 15 is 24.0 Å². The number of aromatic amines is 2. The number of nitrogens with zero attached hydrogens (tertiary/aromatic N) is 6. The molecule has 55 nitrogen and oxygen atoms in total. The first-order chi connectivity index (χ1) is 70.1. The summed E-state index contributed by atoms with van der Waals surface area (Å²) in [6.07, 6.45) is 2.83. The van der Waals surface area contributed by atoms with Crippen LogP contribution in [0.15, 0.2) is 25.0 Å². The molecule has 824 valence electrons. The molecule has 0 spiro atoms. The number of amides is 20. The monoisotopic (exact) mass is 2140 g/mol. The number of fused-ring (bicyclic) bond motifs is 8. The second-order valence-corrected chi connectivity index (χ2v) is 41.0. The highest BCUT2D eigenvalue weighted by molar-refractivity contribution is 7.99. The van der Waals surface area contributed by atoms with E-state index in [1.165, 1.54) is 50.7 Å². The lowest BCUT2D eigenvalue weighted by atomic mass is 9.96. The quantitative estimate of drug-likeness (QED) is 0.0214. The van der Waals surface area contributed by atoms with Crippen LogP contribution in [-0.2, 0) is 114 Å². The maximum Gasteiger partial charge on any atom is 0.325 e. The van der Waals surface area contributed by atoms with Gasteiger partial charge < -0.3 is 157 Å². The van der Waals surface area contributed by atoms with Crippen molar-refractivity contribution in [1.29, 1.82) is 10.8 Å².